The number of aliphatic hydroxyl groups excluding tert-OH is 1. The molecule has 0 amide bonds. The molecule has 1 aliphatic heterocycles. The number of esters is 2. The van der Waals surface area contributed by atoms with Crippen LogP contribution in [0.15, 0.2) is 24.3 Å². The summed E-state index contributed by atoms with van der Waals surface area (Å²) in [6.07, 6.45) is -1.09. The van der Waals surface area contributed by atoms with Crippen LogP contribution in [0.25, 0.3) is 0 Å². The molecule has 0 unspecified atom stereocenters. The van der Waals surface area contributed by atoms with Crippen molar-refractivity contribution in [2.75, 3.05) is 25.7 Å². The molecule has 7 heteroatoms. The molecule has 2 aliphatic rings. The molecule has 1 aromatic carbocycles. The highest BCUT2D eigenvalue weighted by atomic mass is 32.2. The molecule has 3 atom stereocenters. The monoisotopic (exact) mass is 354 g/mol. The molecule has 0 radical (unpaired) electrons. The van der Waals surface area contributed by atoms with Crippen molar-refractivity contribution in [3.8, 4) is 0 Å². The summed E-state index contributed by atoms with van der Waals surface area (Å²) in [6, 6.07) is 7.45. The maximum absolute atomic E-state index is 12.5. The topological polar surface area (TPSA) is 72.8 Å². The van der Waals surface area contributed by atoms with E-state index in [9.17, 15) is 14.7 Å². The zero-order valence-electron chi connectivity index (χ0n) is 12.9. The second-order valence-corrected chi connectivity index (χ2v) is 8.39. The van der Waals surface area contributed by atoms with Crippen LogP contribution in [0, 0.1) is 11.8 Å². The Hall–Kier alpha value is -1.18. The Kier molecular flexibility index (Phi) is 4.62. The Morgan fingerprint density at radius 1 is 1.13 bits per heavy atom. The van der Waals surface area contributed by atoms with E-state index >= 15 is 0 Å². The summed E-state index contributed by atoms with van der Waals surface area (Å²) >= 11 is 3.27. The molecule has 5 nitrogen and oxygen atoms in total. The van der Waals surface area contributed by atoms with Crippen molar-refractivity contribution in [2.24, 2.45) is 11.8 Å². The average molecular weight is 354 g/mol. The lowest BCUT2D eigenvalue weighted by Crippen LogP contribution is -2.49. The molecule has 0 aromatic heterocycles. The molecular formula is C16H18O5S2. The third kappa shape index (κ3) is 2.45. The van der Waals surface area contributed by atoms with E-state index in [1.807, 2.05) is 24.3 Å². The minimum atomic E-state index is -1.09. The Morgan fingerprint density at radius 2 is 1.74 bits per heavy atom. The van der Waals surface area contributed by atoms with Gasteiger partial charge in [-0.25, -0.2) is 0 Å². The molecular weight excluding hydrogens is 336 g/mol. The number of rotatable bonds is 2. The van der Waals surface area contributed by atoms with Gasteiger partial charge in [0.15, 0.2) is 0 Å². The van der Waals surface area contributed by atoms with Crippen LogP contribution in [0.2, 0.25) is 0 Å². The third-order valence-electron chi connectivity index (χ3n) is 4.41. The maximum Gasteiger partial charge on any atom is 0.312 e. The fourth-order valence-corrected chi connectivity index (χ4v) is 7.08. The van der Waals surface area contributed by atoms with E-state index < -0.39 is 34.0 Å². The van der Waals surface area contributed by atoms with Gasteiger partial charge >= 0.3 is 11.9 Å². The Morgan fingerprint density at radius 3 is 2.35 bits per heavy atom. The highest BCUT2D eigenvalue weighted by molar-refractivity contribution is 8.20. The highest BCUT2D eigenvalue weighted by Gasteiger charge is 2.60. The van der Waals surface area contributed by atoms with E-state index in [2.05, 4.69) is 0 Å². The van der Waals surface area contributed by atoms with Crippen molar-refractivity contribution in [3.63, 3.8) is 0 Å². The van der Waals surface area contributed by atoms with Crippen LogP contribution in [0.1, 0.15) is 17.2 Å². The summed E-state index contributed by atoms with van der Waals surface area (Å²) in [4.78, 5) is 24.9. The smallest absolute Gasteiger partial charge is 0.312 e. The Balaban J connectivity index is 2.23. The zero-order valence-corrected chi connectivity index (χ0v) is 14.5. The summed E-state index contributed by atoms with van der Waals surface area (Å²) in [5.41, 5.74) is 1.58. The lowest BCUT2D eigenvalue weighted by molar-refractivity contribution is -0.164. The molecule has 1 spiro atoms. The number of carbonyl (C=O) groups is 2. The van der Waals surface area contributed by atoms with Crippen molar-refractivity contribution in [2.45, 2.75) is 10.2 Å². The van der Waals surface area contributed by atoms with E-state index in [4.69, 9.17) is 9.47 Å². The predicted molar refractivity (Wildman–Crippen MR) is 89.0 cm³/mol. The molecule has 124 valence electrons. The number of aliphatic hydroxyl groups is 1. The van der Waals surface area contributed by atoms with Gasteiger partial charge in [0.25, 0.3) is 0 Å². The molecule has 1 N–H and O–H groups in total. The molecule has 1 aromatic rings. The van der Waals surface area contributed by atoms with Gasteiger partial charge in [0.1, 0.15) is 15.9 Å². The van der Waals surface area contributed by atoms with E-state index in [1.54, 1.807) is 23.5 Å². The SMILES string of the molecule is COC(=O)[C@@H]1[C@@H](C(=O)OC)C2(SCCS2)c2ccccc2[C@@H]1O. The van der Waals surface area contributed by atoms with Gasteiger partial charge in [0.2, 0.25) is 0 Å². The van der Waals surface area contributed by atoms with Crippen molar-refractivity contribution < 1.29 is 24.2 Å². The van der Waals surface area contributed by atoms with E-state index in [-0.39, 0.29) is 0 Å². The summed E-state index contributed by atoms with van der Waals surface area (Å²) in [6.45, 7) is 0. The largest absolute Gasteiger partial charge is 0.469 e. The second-order valence-electron chi connectivity index (χ2n) is 5.45. The van der Waals surface area contributed by atoms with Gasteiger partial charge in [0.05, 0.1) is 20.3 Å². The summed E-state index contributed by atoms with van der Waals surface area (Å²) in [7, 11) is 2.58. The van der Waals surface area contributed by atoms with Crippen molar-refractivity contribution in [1.29, 1.82) is 0 Å². The number of hydrogen-bond acceptors (Lipinski definition) is 7. The first-order valence-corrected chi connectivity index (χ1v) is 9.25. The standard InChI is InChI=1S/C16H18O5S2/c1-20-14(18)11-12(15(19)21-2)16(22-7-8-23-16)10-6-4-3-5-9(10)13(11)17/h3-6,11-13,17H,7-8H2,1-2H3/t11-,12+,13+/m1/s1. The second kappa shape index (κ2) is 6.37. The number of ether oxygens (including phenoxy) is 2. The van der Waals surface area contributed by atoms with Gasteiger partial charge in [0, 0.05) is 11.5 Å². The lowest BCUT2D eigenvalue weighted by Gasteiger charge is -2.45. The highest BCUT2D eigenvalue weighted by Crippen LogP contribution is 2.64. The molecule has 0 saturated carbocycles. The first-order valence-electron chi connectivity index (χ1n) is 7.28. The van der Waals surface area contributed by atoms with Crippen LogP contribution in [-0.2, 0) is 23.1 Å². The lowest BCUT2D eigenvalue weighted by atomic mass is 9.73. The predicted octanol–water partition coefficient (Wildman–Crippen LogP) is 1.94. The number of fused-ring (bicyclic) bond motifs is 2. The fraction of sp³-hybridized carbons (Fsp3) is 0.500. The minimum Gasteiger partial charge on any atom is -0.469 e. The van der Waals surface area contributed by atoms with Crippen LogP contribution in [0.4, 0.5) is 0 Å². The van der Waals surface area contributed by atoms with Crippen LogP contribution < -0.4 is 0 Å². The van der Waals surface area contributed by atoms with Gasteiger partial charge < -0.3 is 14.6 Å². The van der Waals surface area contributed by atoms with Crippen LogP contribution in [0.3, 0.4) is 0 Å². The number of hydrogen-bond donors (Lipinski definition) is 1. The molecule has 0 bridgehead atoms. The fourth-order valence-electron chi connectivity index (χ4n) is 3.45. The minimum absolute atomic E-state index is 0.490. The zero-order chi connectivity index (χ0) is 16.6. The van der Waals surface area contributed by atoms with Crippen molar-refractivity contribution >= 4 is 35.5 Å². The van der Waals surface area contributed by atoms with Gasteiger partial charge in [-0.3, -0.25) is 9.59 Å². The molecule has 3 rings (SSSR count). The van der Waals surface area contributed by atoms with Crippen molar-refractivity contribution in [1.82, 2.24) is 0 Å². The Labute approximate surface area is 143 Å². The number of carbonyl (C=O) groups excluding carboxylic acids is 2. The van der Waals surface area contributed by atoms with Crippen molar-refractivity contribution in [3.05, 3.63) is 35.4 Å². The normalized spacial score (nSPS) is 28.2. The van der Waals surface area contributed by atoms with Gasteiger partial charge in [-0.15, -0.1) is 23.5 Å². The van der Waals surface area contributed by atoms with Crippen LogP contribution in [0.5, 0.6) is 0 Å². The van der Waals surface area contributed by atoms with E-state index in [1.165, 1.54) is 14.2 Å². The first-order chi connectivity index (χ1) is 11.1. The number of methoxy groups -OCH3 is 2. The van der Waals surface area contributed by atoms with E-state index in [0.717, 1.165) is 17.1 Å². The van der Waals surface area contributed by atoms with Crippen LogP contribution >= 0.6 is 23.5 Å². The summed E-state index contributed by atoms with van der Waals surface area (Å²) in [5, 5.41) is 10.8. The molecule has 1 fully saturated rings. The Bertz CT molecular complexity index is 627. The summed E-state index contributed by atoms with van der Waals surface area (Å²) < 4.78 is 9.23. The van der Waals surface area contributed by atoms with Gasteiger partial charge in [-0.05, 0) is 11.1 Å². The molecule has 23 heavy (non-hydrogen) atoms. The third-order valence-corrected chi connectivity index (χ3v) is 8.00. The molecule has 1 heterocycles. The van der Waals surface area contributed by atoms with Gasteiger partial charge in [-0.1, -0.05) is 24.3 Å². The number of thioether (sulfide) groups is 2. The quantitative estimate of drug-likeness (QED) is 0.814. The van der Waals surface area contributed by atoms with Crippen LogP contribution in [-0.4, -0.2) is 42.8 Å². The molecule has 1 saturated heterocycles. The summed E-state index contributed by atoms with van der Waals surface area (Å²) in [5.74, 6) is -1.10. The molecule has 1 aliphatic carbocycles. The first kappa shape index (κ1) is 16.7. The average Bonchev–Trinajstić information content (AvgIpc) is 3.07. The number of benzene rings is 1. The van der Waals surface area contributed by atoms with Gasteiger partial charge in [-0.2, -0.15) is 0 Å². The van der Waals surface area contributed by atoms with E-state index in [0.29, 0.717) is 5.56 Å². The maximum atomic E-state index is 12.5.